The summed E-state index contributed by atoms with van der Waals surface area (Å²) in [6.45, 7) is 3.29. The molecule has 2 N–H and O–H groups in total. The van der Waals surface area contributed by atoms with Crippen molar-refractivity contribution < 1.29 is 4.79 Å². The summed E-state index contributed by atoms with van der Waals surface area (Å²) in [5.41, 5.74) is 5.52. The van der Waals surface area contributed by atoms with Gasteiger partial charge in [0.1, 0.15) is 0 Å². The number of hydrogen-bond donors (Lipinski definition) is 1. The highest BCUT2D eigenvalue weighted by molar-refractivity contribution is 5.76. The van der Waals surface area contributed by atoms with Crippen molar-refractivity contribution in [2.45, 2.75) is 45.1 Å². The molecule has 90 valence electrons. The average molecular weight is 223 g/mol. The van der Waals surface area contributed by atoms with E-state index in [1.165, 1.54) is 0 Å². The minimum Gasteiger partial charge on any atom is -0.339 e. The lowest BCUT2D eigenvalue weighted by Gasteiger charge is -2.21. The van der Waals surface area contributed by atoms with Gasteiger partial charge in [0.15, 0.2) is 0 Å². The van der Waals surface area contributed by atoms with Crippen molar-refractivity contribution in [3.05, 3.63) is 0 Å². The third kappa shape index (κ3) is 4.19. The maximum atomic E-state index is 11.9. The van der Waals surface area contributed by atoms with Gasteiger partial charge >= 0.3 is 0 Å². The predicted octanol–water partition coefficient (Wildman–Crippen LogP) is 1.27. The van der Waals surface area contributed by atoms with E-state index in [2.05, 4.69) is 13.0 Å². The quantitative estimate of drug-likeness (QED) is 0.706. The molecule has 0 saturated heterocycles. The van der Waals surface area contributed by atoms with Crippen molar-refractivity contribution in [2.75, 3.05) is 13.1 Å². The second-order valence-corrected chi connectivity index (χ2v) is 4.61. The van der Waals surface area contributed by atoms with E-state index in [1.54, 1.807) is 0 Å². The van der Waals surface area contributed by atoms with Crippen LogP contribution in [0.5, 0.6) is 0 Å². The number of nitrogens with zero attached hydrogens (tertiary/aromatic N) is 2. The molecular weight excluding hydrogens is 202 g/mol. The minimum atomic E-state index is 0.193. The van der Waals surface area contributed by atoms with E-state index in [0.29, 0.717) is 37.9 Å². The Morgan fingerprint density at radius 3 is 2.81 bits per heavy atom. The molecule has 1 atom stereocenters. The molecule has 16 heavy (non-hydrogen) atoms. The van der Waals surface area contributed by atoms with Gasteiger partial charge in [0.25, 0.3) is 0 Å². The molecule has 1 fully saturated rings. The zero-order chi connectivity index (χ0) is 12.0. The highest BCUT2D eigenvalue weighted by atomic mass is 16.2. The fraction of sp³-hybridized carbons (Fsp3) is 0.833. The van der Waals surface area contributed by atoms with E-state index in [9.17, 15) is 4.79 Å². The largest absolute Gasteiger partial charge is 0.339 e. The molecule has 4 heteroatoms. The van der Waals surface area contributed by atoms with Gasteiger partial charge in [-0.2, -0.15) is 5.26 Å². The molecule has 0 heterocycles. The molecule has 1 aliphatic carbocycles. The highest BCUT2D eigenvalue weighted by Crippen LogP contribution is 2.27. The molecule has 0 aromatic rings. The Morgan fingerprint density at radius 2 is 2.31 bits per heavy atom. The van der Waals surface area contributed by atoms with E-state index in [-0.39, 0.29) is 5.91 Å². The molecular formula is C12H21N3O. The van der Waals surface area contributed by atoms with Gasteiger partial charge in [-0.05, 0) is 31.7 Å². The van der Waals surface area contributed by atoms with Crippen LogP contribution >= 0.6 is 0 Å². The van der Waals surface area contributed by atoms with Crippen LogP contribution in [-0.2, 0) is 4.79 Å². The van der Waals surface area contributed by atoms with E-state index >= 15 is 0 Å². The van der Waals surface area contributed by atoms with E-state index in [1.807, 2.05) is 4.90 Å². The number of nitriles is 1. The Labute approximate surface area is 97.4 Å². The third-order valence-corrected chi connectivity index (χ3v) is 3.03. The first-order valence-corrected chi connectivity index (χ1v) is 6.05. The summed E-state index contributed by atoms with van der Waals surface area (Å²) in [4.78, 5) is 13.8. The standard InChI is InChI=1S/C12H21N3O/c1-10(9-14)3-6-12(16)15(8-2-7-13)11-4-5-11/h10-11H,2-6,8-9,14H2,1H3. The predicted molar refractivity (Wildman–Crippen MR) is 62.4 cm³/mol. The monoisotopic (exact) mass is 223 g/mol. The van der Waals surface area contributed by atoms with Crippen LogP contribution in [0.15, 0.2) is 0 Å². The lowest BCUT2D eigenvalue weighted by Crippen LogP contribution is -2.34. The van der Waals surface area contributed by atoms with Crippen LogP contribution in [0.3, 0.4) is 0 Å². The molecule has 1 rings (SSSR count). The third-order valence-electron chi connectivity index (χ3n) is 3.03. The van der Waals surface area contributed by atoms with Crippen LogP contribution in [-0.4, -0.2) is 29.9 Å². The van der Waals surface area contributed by atoms with Crippen molar-refractivity contribution in [1.82, 2.24) is 4.90 Å². The molecule has 1 saturated carbocycles. The Bertz CT molecular complexity index is 268. The van der Waals surface area contributed by atoms with Crippen LogP contribution in [0.25, 0.3) is 0 Å². The summed E-state index contributed by atoms with van der Waals surface area (Å²) in [6.07, 6.45) is 4.06. The number of hydrogen-bond acceptors (Lipinski definition) is 3. The van der Waals surface area contributed by atoms with Crippen LogP contribution in [0, 0.1) is 17.2 Å². The first-order valence-electron chi connectivity index (χ1n) is 6.05. The van der Waals surface area contributed by atoms with Crippen LogP contribution in [0.1, 0.15) is 39.0 Å². The maximum Gasteiger partial charge on any atom is 0.222 e. The SMILES string of the molecule is CC(CN)CCC(=O)N(CCC#N)C1CC1. The number of rotatable bonds is 7. The van der Waals surface area contributed by atoms with Crippen molar-refractivity contribution >= 4 is 5.91 Å². The summed E-state index contributed by atoms with van der Waals surface area (Å²) in [7, 11) is 0. The number of amides is 1. The fourth-order valence-corrected chi connectivity index (χ4v) is 1.70. The van der Waals surface area contributed by atoms with Gasteiger partial charge < -0.3 is 10.6 Å². The summed E-state index contributed by atoms with van der Waals surface area (Å²) < 4.78 is 0. The van der Waals surface area contributed by atoms with E-state index < -0.39 is 0 Å². The Kier molecular flexibility index (Phi) is 5.27. The molecule has 1 amide bonds. The van der Waals surface area contributed by atoms with Crippen molar-refractivity contribution in [2.24, 2.45) is 11.7 Å². The summed E-state index contributed by atoms with van der Waals surface area (Å²) in [5.74, 6) is 0.596. The van der Waals surface area contributed by atoms with Gasteiger partial charge in [-0.3, -0.25) is 4.79 Å². The Hall–Kier alpha value is -1.08. The summed E-state index contributed by atoms with van der Waals surface area (Å²) in [5, 5.41) is 8.55. The fourth-order valence-electron chi connectivity index (χ4n) is 1.70. The van der Waals surface area contributed by atoms with Gasteiger partial charge in [-0.25, -0.2) is 0 Å². The zero-order valence-electron chi connectivity index (χ0n) is 9.98. The van der Waals surface area contributed by atoms with E-state index in [4.69, 9.17) is 11.0 Å². The molecule has 0 radical (unpaired) electrons. The number of carbonyl (C=O) groups excluding carboxylic acids is 1. The van der Waals surface area contributed by atoms with Gasteiger partial charge in [0.05, 0.1) is 12.5 Å². The molecule has 0 bridgehead atoms. The molecule has 4 nitrogen and oxygen atoms in total. The maximum absolute atomic E-state index is 11.9. The van der Waals surface area contributed by atoms with Crippen molar-refractivity contribution in [3.63, 3.8) is 0 Å². The molecule has 0 aliphatic heterocycles. The number of carbonyl (C=O) groups is 1. The van der Waals surface area contributed by atoms with Crippen LogP contribution in [0.4, 0.5) is 0 Å². The molecule has 1 aliphatic rings. The van der Waals surface area contributed by atoms with Gasteiger partial charge in [-0.1, -0.05) is 6.92 Å². The Balaban J connectivity index is 2.33. The first kappa shape index (κ1) is 13.0. The first-order chi connectivity index (χ1) is 7.69. The second-order valence-electron chi connectivity index (χ2n) is 4.61. The topological polar surface area (TPSA) is 70.1 Å². The summed E-state index contributed by atoms with van der Waals surface area (Å²) in [6, 6.07) is 2.51. The average Bonchev–Trinajstić information content (AvgIpc) is 3.10. The van der Waals surface area contributed by atoms with Crippen LogP contribution < -0.4 is 5.73 Å². The summed E-state index contributed by atoms with van der Waals surface area (Å²) >= 11 is 0. The molecule has 1 unspecified atom stereocenters. The van der Waals surface area contributed by atoms with Gasteiger partial charge in [-0.15, -0.1) is 0 Å². The number of nitrogens with two attached hydrogens (primary N) is 1. The smallest absolute Gasteiger partial charge is 0.222 e. The lowest BCUT2D eigenvalue weighted by molar-refractivity contribution is -0.132. The highest BCUT2D eigenvalue weighted by Gasteiger charge is 2.31. The second kappa shape index (κ2) is 6.49. The van der Waals surface area contributed by atoms with Crippen LogP contribution in [0.2, 0.25) is 0 Å². The molecule has 0 spiro atoms. The molecule has 0 aromatic heterocycles. The van der Waals surface area contributed by atoms with E-state index in [0.717, 1.165) is 19.3 Å². The molecule has 0 aromatic carbocycles. The minimum absolute atomic E-state index is 0.193. The zero-order valence-corrected chi connectivity index (χ0v) is 9.98. The van der Waals surface area contributed by atoms with Gasteiger partial charge in [0, 0.05) is 19.0 Å². The normalized spacial score (nSPS) is 16.6. The Morgan fingerprint density at radius 1 is 1.62 bits per heavy atom. The van der Waals surface area contributed by atoms with Crippen molar-refractivity contribution in [1.29, 1.82) is 5.26 Å². The lowest BCUT2D eigenvalue weighted by atomic mass is 10.1. The van der Waals surface area contributed by atoms with Crippen molar-refractivity contribution in [3.8, 4) is 6.07 Å². The van der Waals surface area contributed by atoms with Gasteiger partial charge in [0.2, 0.25) is 5.91 Å².